The molecule has 3 amide bonds. The van der Waals surface area contributed by atoms with Crippen molar-refractivity contribution in [3.05, 3.63) is 18.2 Å². The molecule has 3 saturated heterocycles. The minimum Gasteiger partial charge on any atom is -0.497 e. The molecule has 9 nitrogen and oxygen atoms in total. The number of nitrogens with zero attached hydrogens (tertiary/aromatic N) is 3. The quantitative estimate of drug-likeness (QED) is 0.782. The zero-order valence-electron chi connectivity index (χ0n) is 15.1. The molecule has 3 atom stereocenters. The largest absolute Gasteiger partial charge is 0.497 e. The normalized spacial score (nSPS) is 28.5. The van der Waals surface area contributed by atoms with Gasteiger partial charge in [0.2, 0.25) is 5.91 Å². The van der Waals surface area contributed by atoms with Gasteiger partial charge in [0.1, 0.15) is 30.0 Å². The van der Waals surface area contributed by atoms with Crippen molar-refractivity contribution >= 4 is 17.6 Å². The van der Waals surface area contributed by atoms with Gasteiger partial charge < -0.3 is 19.3 Å². The number of imide groups is 1. The Hall–Kier alpha value is -2.52. The van der Waals surface area contributed by atoms with E-state index in [0.717, 1.165) is 36.7 Å². The van der Waals surface area contributed by atoms with E-state index < -0.39 is 6.04 Å². The van der Waals surface area contributed by atoms with Crippen molar-refractivity contribution in [2.45, 2.75) is 24.9 Å². The third-order valence-corrected chi connectivity index (χ3v) is 5.33. The predicted octanol–water partition coefficient (Wildman–Crippen LogP) is -0.0210. The minimum absolute atomic E-state index is 0.209. The van der Waals surface area contributed by atoms with Gasteiger partial charge in [-0.2, -0.15) is 0 Å². The van der Waals surface area contributed by atoms with E-state index in [9.17, 15) is 9.59 Å². The molecule has 4 rings (SSSR count). The third kappa shape index (κ3) is 2.46. The van der Waals surface area contributed by atoms with Crippen molar-refractivity contribution in [3.63, 3.8) is 0 Å². The number of likely N-dealkylation sites (N-methyl/N-ethyl adjacent to an activating group) is 1. The smallest absolute Gasteiger partial charge is 0.325 e. The van der Waals surface area contributed by atoms with Gasteiger partial charge in [-0.1, -0.05) is 0 Å². The van der Waals surface area contributed by atoms with Gasteiger partial charge in [0.05, 0.1) is 19.9 Å². The maximum Gasteiger partial charge on any atom is 0.325 e. The lowest BCUT2D eigenvalue weighted by atomic mass is 10.1. The molecule has 0 aliphatic carbocycles. The fraction of sp³-hybridized carbons (Fsp3) is 0.529. The van der Waals surface area contributed by atoms with Gasteiger partial charge in [-0.3, -0.25) is 20.3 Å². The molecule has 0 saturated carbocycles. The van der Waals surface area contributed by atoms with Crippen LogP contribution in [0.15, 0.2) is 18.2 Å². The van der Waals surface area contributed by atoms with E-state index in [1.54, 1.807) is 26.2 Å². The molecule has 26 heavy (non-hydrogen) atoms. The number of amides is 3. The lowest BCUT2D eigenvalue weighted by molar-refractivity contribution is -0.128. The SMILES string of the molecule is COc1ccc(OC)c(N2CCCN3C4C(=O)NC(=O)N(C)C4NC23)c1. The summed E-state index contributed by atoms with van der Waals surface area (Å²) < 4.78 is 10.9. The molecule has 1 aromatic rings. The monoisotopic (exact) mass is 361 g/mol. The van der Waals surface area contributed by atoms with Crippen molar-refractivity contribution in [1.29, 1.82) is 0 Å². The summed E-state index contributed by atoms with van der Waals surface area (Å²) >= 11 is 0. The fourth-order valence-corrected chi connectivity index (χ4v) is 4.03. The van der Waals surface area contributed by atoms with Crippen LogP contribution in [0.25, 0.3) is 0 Å². The molecule has 3 heterocycles. The molecule has 9 heteroatoms. The molecule has 0 aromatic heterocycles. The summed E-state index contributed by atoms with van der Waals surface area (Å²) in [5.41, 5.74) is 0.891. The molecule has 0 radical (unpaired) electrons. The van der Waals surface area contributed by atoms with Crippen molar-refractivity contribution in [2.24, 2.45) is 0 Å². The topological polar surface area (TPSA) is 86.4 Å². The number of carbonyl (C=O) groups excluding carboxylic acids is 2. The van der Waals surface area contributed by atoms with E-state index in [-0.39, 0.29) is 24.4 Å². The summed E-state index contributed by atoms with van der Waals surface area (Å²) in [6.07, 6.45) is 0.324. The molecule has 0 spiro atoms. The van der Waals surface area contributed by atoms with Crippen molar-refractivity contribution in [2.75, 3.05) is 39.3 Å². The molecule has 3 aliphatic rings. The molecule has 3 unspecified atom stereocenters. The Balaban J connectivity index is 1.70. The summed E-state index contributed by atoms with van der Waals surface area (Å²) in [6, 6.07) is 4.86. The highest BCUT2D eigenvalue weighted by atomic mass is 16.5. The standard InChI is InChI=1S/C17H23N5O4/c1-20-14-13(15(23)19-17(20)24)22-8-4-7-21(16(22)18-14)11-9-10(25-2)5-6-12(11)26-3/h5-6,9,13-14,16,18H,4,7-8H2,1-3H3,(H,19,23,24). The third-order valence-electron chi connectivity index (χ3n) is 5.33. The highest BCUT2D eigenvalue weighted by molar-refractivity contribution is 6.00. The summed E-state index contributed by atoms with van der Waals surface area (Å²) in [4.78, 5) is 30.2. The van der Waals surface area contributed by atoms with Crippen LogP contribution < -0.4 is 25.0 Å². The molecular formula is C17H23N5O4. The Kier molecular flexibility index (Phi) is 4.12. The predicted molar refractivity (Wildman–Crippen MR) is 94.0 cm³/mol. The Bertz CT molecular complexity index is 742. The number of anilines is 1. The van der Waals surface area contributed by atoms with E-state index >= 15 is 0 Å². The molecule has 3 fully saturated rings. The van der Waals surface area contributed by atoms with Crippen LogP contribution in [0.2, 0.25) is 0 Å². The molecule has 1 aromatic carbocycles. The zero-order valence-corrected chi connectivity index (χ0v) is 15.1. The van der Waals surface area contributed by atoms with Gasteiger partial charge in [0.15, 0.2) is 0 Å². The first-order valence-electron chi connectivity index (χ1n) is 8.63. The second-order valence-corrected chi connectivity index (χ2v) is 6.66. The average molecular weight is 361 g/mol. The van der Waals surface area contributed by atoms with Gasteiger partial charge in [-0.15, -0.1) is 0 Å². The van der Waals surface area contributed by atoms with E-state index in [1.165, 1.54) is 0 Å². The van der Waals surface area contributed by atoms with Gasteiger partial charge in [0, 0.05) is 26.2 Å². The number of carbonyl (C=O) groups is 2. The van der Waals surface area contributed by atoms with Crippen LogP contribution in [0.1, 0.15) is 6.42 Å². The van der Waals surface area contributed by atoms with Crippen LogP contribution in [0, 0.1) is 0 Å². The van der Waals surface area contributed by atoms with Gasteiger partial charge >= 0.3 is 6.03 Å². The Morgan fingerprint density at radius 2 is 1.96 bits per heavy atom. The van der Waals surface area contributed by atoms with Crippen LogP contribution in [-0.4, -0.2) is 74.6 Å². The Labute approximate surface area is 151 Å². The summed E-state index contributed by atoms with van der Waals surface area (Å²) in [6.45, 7) is 1.58. The first kappa shape index (κ1) is 16.9. The Morgan fingerprint density at radius 3 is 2.69 bits per heavy atom. The van der Waals surface area contributed by atoms with Gasteiger partial charge in [-0.05, 0) is 18.6 Å². The van der Waals surface area contributed by atoms with E-state index in [2.05, 4.69) is 20.4 Å². The minimum atomic E-state index is -0.415. The maximum absolute atomic E-state index is 12.4. The van der Waals surface area contributed by atoms with Crippen molar-refractivity contribution in [1.82, 2.24) is 20.4 Å². The van der Waals surface area contributed by atoms with Crippen LogP contribution in [0.5, 0.6) is 11.5 Å². The van der Waals surface area contributed by atoms with Gasteiger partial charge in [0.25, 0.3) is 0 Å². The second-order valence-electron chi connectivity index (χ2n) is 6.66. The number of fused-ring (bicyclic) bond motifs is 3. The van der Waals surface area contributed by atoms with E-state index in [4.69, 9.17) is 9.47 Å². The van der Waals surface area contributed by atoms with Crippen LogP contribution in [0.4, 0.5) is 10.5 Å². The number of ether oxygens (including phenoxy) is 2. The second kappa shape index (κ2) is 6.33. The van der Waals surface area contributed by atoms with Gasteiger partial charge in [-0.25, -0.2) is 4.79 Å². The zero-order chi connectivity index (χ0) is 18.4. The number of hydrogen-bond donors (Lipinski definition) is 2. The highest BCUT2D eigenvalue weighted by Crippen LogP contribution is 2.37. The molecule has 2 N–H and O–H groups in total. The maximum atomic E-state index is 12.4. The molecule has 0 bridgehead atoms. The number of benzene rings is 1. The number of hydrogen-bond acceptors (Lipinski definition) is 7. The Morgan fingerprint density at radius 1 is 1.15 bits per heavy atom. The molecule has 140 valence electrons. The summed E-state index contributed by atoms with van der Waals surface area (Å²) in [7, 11) is 4.96. The van der Waals surface area contributed by atoms with E-state index in [0.29, 0.717) is 0 Å². The van der Waals surface area contributed by atoms with Crippen LogP contribution >= 0.6 is 0 Å². The van der Waals surface area contributed by atoms with Crippen molar-refractivity contribution < 1.29 is 19.1 Å². The number of methoxy groups -OCH3 is 2. The lowest BCUT2D eigenvalue weighted by Gasteiger charge is -2.42. The summed E-state index contributed by atoms with van der Waals surface area (Å²) in [5, 5.41) is 5.87. The highest BCUT2D eigenvalue weighted by Gasteiger charge is 2.53. The molecule has 3 aliphatic heterocycles. The first-order valence-corrected chi connectivity index (χ1v) is 8.63. The van der Waals surface area contributed by atoms with E-state index in [1.807, 2.05) is 18.2 Å². The fourth-order valence-electron chi connectivity index (χ4n) is 4.03. The number of urea groups is 1. The number of rotatable bonds is 3. The number of nitrogens with one attached hydrogen (secondary N) is 2. The first-order chi connectivity index (χ1) is 12.5. The van der Waals surface area contributed by atoms with Crippen LogP contribution in [0.3, 0.4) is 0 Å². The average Bonchev–Trinajstić information content (AvgIpc) is 3.06. The molecular weight excluding hydrogens is 338 g/mol. The summed E-state index contributed by atoms with van der Waals surface area (Å²) in [5.74, 6) is 1.21. The van der Waals surface area contributed by atoms with Crippen LogP contribution in [-0.2, 0) is 4.79 Å². The van der Waals surface area contributed by atoms with Crippen molar-refractivity contribution in [3.8, 4) is 11.5 Å². The lowest BCUT2D eigenvalue weighted by Crippen LogP contribution is -2.65.